The van der Waals surface area contributed by atoms with E-state index < -0.39 is 0 Å². The number of hydrogen-bond donors (Lipinski definition) is 2. The molecule has 3 N–H and O–H groups in total. The third-order valence-electron chi connectivity index (χ3n) is 3.91. The van der Waals surface area contributed by atoms with Gasteiger partial charge < -0.3 is 11.1 Å². The number of carbonyl (C=O) groups is 1. The first-order valence-electron chi connectivity index (χ1n) is 7.15. The first-order chi connectivity index (χ1) is 9.20. The molecule has 3 unspecified atom stereocenters. The van der Waals surface area contributed by atoms with Crippen LogP contribution in [0.1, 0.15) is 56.5 Å². The van der Waals surface area contributed by atoms with Crippen molar-refractivity contribution in [1.29, 1.82) is 0 Å². The van der Waals surface area contributed by atoms with E-state index in [1.807, 2.05) is 5.38 Å². The Labute approximate surface area is 143 Å². The Hall–Kier alpha value is -0.360. The van der Waals surface area contributed by atoms with Gasteiger partial charge in [0.25, 0.3) is 0 Å². The van der Waals surface area contributed by atoms with E-state index >= 15 is 0 Å². The normalized spacial score (nSPS) is 22.6. The van der Waals surface area contributed by atoms with E-state index in [1.165, 1.54) is 12.8 Å². The highest BCUT2D eigenvalue weighted by molar-refractivity contribution is 7.09. The molecule has 4 nitrogen and oxygen atoms in total. The van der Waals surface area contributed by atoms with Crippen LogP contribution >= 0.6 is 36.2 Å². The van der Waals surface area contributed by atoms with E-state index in [-0.39, 0.29) is 42.8 Å². The summed E-state index contributed by atoms with van der Waals surface area (Å²) < 4.78 is 0. The fourth-order valence-electron chi connectivity index (χ4n) is 2.73. The van der Waals surface area contributed by atoms with E-state index in [1.54, 1.807) is 17.5 Å². The lowest BCUT2D eigenvalue weighted by molar-refractivity contribution is -0.123. The molecule has 1 aliphatic rings. The SMILES string of the molecule is CCC(NC(=O)CC1CCCCC1N)c1nccs1.Cl.Cl. The molecule has 0 bridgehead atoms. The molecule has 21 heavy (non-hydrogen) atoms. The fourth-order valence-corrected chi connectivity index (χ4v) is 3.50. The highest BCUT2D eigenvalue weighted by Crippen LogP contribution is 2.26. The third-order valence-corrected chi connectivity index (χ3v) is 4.80. The van der Waals surface area contributed by atoms with Crippen LogP contribution in [0.3, 0.4) is 0 Å². The predicted molar refractivity (Wildman–Crippen MR) is 92.3 cm³/mol. The van der Waals surface area contributed by atoms with Crippen molar-refractivity contribution in [1.82, 2.24) is 10.3 Å². The quantitative estimate of drug-likeness (QED) is 0.851. The summed E-state index contributed by atoms with van der Waals surface area (Å²) >= 11 is 1.59. The maximum atomic E-state index is 12.1. The van der Waals surface area contributed by atoms with Crippen molar-refractivity contribution in [3.63, 3.8) is 0 Å². The number of halogens is 2. The van der Waals surface area contributed by atoms with Gasteiger partial charge in [0.1, 0.15) is 5.01 Å². The van der Waals surface area contributed by atoms with Crippen LogP contribution in [-0.4, -0.2) is 16.9 Å². The highest BCUT2D eigenvalue weighted by atomic mass is 35.5. The maximum absolute atomic E-state index is 12.1. The second kappa shape index (κ2) is 10.4. The van der Waals surface area contributed by atoms with Gasteiger partial charge in [-0.1, -0.05) is 19.8 Å². The molecule has 0 spiro atoms. The summed E-state index contributed by atoms with van der Waals surface area (Å²) in [5, 5.41) is 6.03. The summed E-state index contributed by atoms with van der Waals surface area (Å²) in [4.78, 5) is 16.4. The van der Waals surface area contributed by atoms with Gasteiger partial charge in [-0.2, -0.15) is 0 Å². The number of rotatable bonds is 5. The van der Waals surface area contributed by atoms with Crippen LogP contribution in [0.4, 0.5) is 0 Å². The molecule has 1 fully saturated rings. The molecule has 1 aromatic heterocycles. The minimum absolute atomic E-state index is 0. The van der Waals surface area contributed by atoms with Gasteiger partial charge in [0.2, 0.25) is 5.91 Å². The average molecular weight is 354 g/mol. The Morgan fingerprint density at radius 2 is 2.19 bits per heavy atom. The zero-order valence-electron chi connectivity index (χ0n) is 12.3. The van der Waals surface area contributed by atoms with Crippen LogP contribution in [0.15, 0.2) is 11.6 Å². The summed E-state index contributed by atoms with van der Waals surface area (Å²) in [6.45, 7) is 2.07. The Morgan fingerprint density at radius 3 is 2.76 bits per heavy atom. The monoisotopic (exact) mass is 353 g/mol. The van der Waals surface area contributed by atoms with Crippen molar-refractivity contribution in [2.75, 3.05) is 0 Å². The number of carbonyl (C=O) groups excluding carboxylic acids is 1. The minimum Gasteiger partial charge on any atom is -0.347 e. The van der Waals surface area contributed by atoms with Gasteiger partial charge in [-0.25, -0.2) is 4.98 Å². The van der Waals surface area contributed by atoms with Gasteiger partial charge in [-0.3, -0.25) is 4.79 Å². The molecule has 2 rings (SSSR count). The first-order valence-corrected chi connectivity index (χ1v) is 8.03. The van der Waals surface area contributed by atoms with Gasteiger partial charge in [-0.15, -0.1) is 36.2 Å². The van der Waals surface area contributed by atoms with Crippen LogP contribution in [0.2, 0.25) is 0 Å². The largest absolute Gasteiger partial charge is 0.347 e. The van der Waals surface area contributed by atoms with Gasteiger partial charge in [-0.05, 0) is 25.2 Å². The van der Waals surface area contributed by atoms with Crippen molar-refractivity contribution in [2.24, 2.45) is 11.7 Å². The minimum atomic E-state index is 0. The molecule has 1 aromatic rings. The second-order valence-electron chi connectivity index (χ2n) is 5.31. The summed E-state index contributed by atoms with van der Waals surface area (Å²) in [5.41, 5.74) is 6.09. The molecule has 0 radical (unpaired) electrons. The molecule has 0 saturated heterocycles. The van der Waals surface area contributed by atoms with Crippen molar-refractivity contribution in [3.8, 4) is 0 Å². The van der Waals surface area contributed by atoms with Gasteiger partial charge in [0.05, 0.1) is 6.04 Å². The van der Waals surface area contributed by atoms with Crippen LogP contribution in [-0.2, 0) is 4.79 Å². The van der Waals surface area contributed by atoms with Crippen molar-refractivity contribution in [2.45, 2.75) is 57.5 Å². The molecule has 122 valence electrons. The number of hydrogen-bond acceptors (Lipinski definition) is 4. The molecule has 3 atom stereocenters. The molecule has 1 saturated carbocycles. The fraction of sp³-hybridized carbons (Fsp3) is 0.714. The van der Waals surface area contributed by atoms with E-state index in [2.05, 4.69) is 17.2 Å². The number of nitrogens with zero attached hydrogens (tertiary/aromatic N) is 1. The van der Waals surface area contributed by atoms with Crippen LogP contribution in [0.25, 0.3) is 0 Å². The lowest BCUT2D eigenvalue weighted by atomic mass is 9.83. The maximum Gasteiger partial charge on any atom is 0.220 e. The number of amides is 1. The standard InChI is InChI=1S/C14H23N3OS.2ClH/c1-2-12(14-16-7-8-19-14)17-13(18)9-10-5-3-4-6-11(10)15;;/h7-8,10-12H,2-6,9,15H2,1H3,(H,17,18);2*1H. The summed E-state index contributed by atoms with van der Waals surface area (Å²) in [6.07, 6.45) is 7.76. The van der Waals surface area contributed by atoms with E-state index in [0.717, 1.165) is 24.3 Å². The highest BCUT2D eigenvalue weighted by Gasteiger charge is 2.25. The second-order valence-corrected chi connectivity index (χ2v) is 6.24. The van der Waals surface area contributed by atoms with E-state index in [0.29, 0.717) is 12.3 Å². The Bertz CT molecular complexity index is 403. The van der Waals surface area contributed by atoms with Crippen LogP contribution < -0.4 is 11.1 Å². The van der Waals surface area contributed by atoms with Crippen molar-refractivity contribution < 1.29 is 4.79 Å². The number of nitrogens with one attached hydrogen (secondary N) is 1. The predicted octanol–water partition coefficient (Wildman–Crippen LogP) is 3.46. The zero-order chi connectivity index (χ0) is 13.7. The Balaban J connectivity index is 0.00000200. The summed E-state index contributed by atoms with van der Waals surface area (Å²) in [7, 11) is 0. The van der Waals surface area contributed by atoms with Crippen LogP contribution in [0, 0.1) is 5.92 Å². The Morgan fingerprint density at radius 1 is 1.48 bits per heavy atom. The molecule has 0 aliphatic heterocycles. The zero-order valence-corrected chi connectivity index (χ0v) is 14.7. The first kappa shape index (κ1) is 20.6. The molecule has 1 amide bonds. The topological polar surface area (TPSA) is 68.0 Å². The van der Waals surface area contributed by atoms with Crippen molar-refractivity contribution in [3.05, 3.63) is 16.6 Å². The summed E-state index contributed by atoms with van der Waals surface area (Å²) in [6, 6.07) is 0.242. The van der Waals surface area contributed by atoms with Gasteiger partial charge in [0, 0.05) is 24.0 Å². The Kier molecular flexibility index (Phi) is 10.2. The molecular formula is C14H25Cl2N3OS. The molecule has 1 heterocycles. The number of nitrogens with two attached hydrogens (primary N) is 1. The van der Waals surface area contributed by atoms with Crippen LogP contribution in [0.5, 0.6) is 0 Å². The lowest BCUT2D eigenvalue weighted by Crippen LogP contribution is -2.38. The molecular weight excluding hydrogens is 329 g/mol. The van der Waals surface area contributed by atoms with Gasteiger partial charge >= 0.3 is 0 Å². The molecule has 1 aliphatic carbocycles. The van der Waals surface area contributed by atoms with E-state index in [9.17, 15) is 4.79 Å². The smallest absolute Gasteiger partial charge is 0.220 e. The summed E-state index contributed by atoms with van der Waals surface area (Å²) in [5.74, 6) is 0.465. The third kappa shape index (κ3) is 6.10. The average Bonchev–Trinajstić information content (AvgIpc) is 2.92. The lowest BCUT2D eigenvalue weighted by Gasteiger charge is -2.28. The van der Waals surface area contributed by atoms with Crippen molar-refractivity contribution >= 4 is 42.1 Å². The number of thiazole rings is 1. The molecule has 7 heteroatoms. The number of aromatic nitrogens is 1. The molecule has 0 aromatic carbocycles. The van der Waals surface area contributed by atoms with Gasteiger partial charge in [0.15, 0.2) is 0 Å². The van der Waals surface area contributed by atoms with E-state index in [4.69, 9.17) is 5.73 Å².